The minimum Gasteiger partial charge on any atom is -0.324 e. The van der Waals surface area contributed by atoms with E-state index in [1.54, 1.807) is 28.0 Å². The molecule has 3 aromatic heterocycles. The predicted octanol–water partition coefficient (Wildman–Crippen LogP) is 5.25. The van der Waals surface area contributed by atoms with Gasteiger partial charge in [0.2, 0.25) is 5.91 Å². The average molecular weight is 471 g/mol. The Bertz CT molecular complexity index is 1490. The molecule has 8 heteroatoms. The molecule has 0 aliphatic heterocycles. The van der Waals surface area contributed by atoms with E-state index in [-0.39, 0.29) is 12.5 Å². The van der Waals surface area contributed by atoms with Gasteiger partial charge in [0.25, 0.3) is 0 Å². The van der Waals surface area contributed by atoms with Gasteiger partial charge in [-0.15, -0.1) is 0 Å². The average Bonchev–Trinajstić information content (AvgIpc) is 3.37. The Hall–Kier alpha value is -3.97. The zero-order chi connectivity index (χ0) is 23.7. The quantitative estimate of drug-likeness (QED) is 0.367. The maximum absolute atomic E-state index is 12.9. The molecule has 0 bridgehead atoms. The molecule has 0 saturated heterocycles. The summed E-state index contributed by atoms with van der Waals surface area (Å²) in [5.41, 5.74) is 6.60. The summed E-state index contributed by atoms with van der Waals surface area (Å²) >= 11 is 5.94. The van der Waals surface area contributed by atoms with Crippen molar-refractivity contribution in [1.82, 2.24) is 24.5 Å². The number of carbonyl (C=O) groups excluding carboxylic acids is 1. The van der Waals surface area contributed by atoms with Crippen molar-refractivity contribution in [2.45, 2.75) is 26.9 Å². The van der Waals surface area contributed by atoms with Crippen molar-refractivity contribution >= 4 is 34.2 Å². The van der Waals surface area contributed by atoms with E-state index in [1.165, 1.54) is 5.56 Å². The van der Waals surface area contributed by atoms with Crippen LogP contribution in [0.2, 0.25) is 5.02 Å². The van der Waals surface area contributed by atoms with Gasteiger partial charge in [-0.05, 0) is 48.7 Å². The highest BCUT2D eigenvalue weighted by molar-refractivity contribution is 6.30. The smallest absolute Gasteiger partial charge is 0.246 e. The summed E-state index contributed by atoms with van der Waals surface area (Å²) in [5, 5.41) is 13.3. The normalized spacial score (nSPS) is 11.1. The van der Waals surface area contributed by atoms with Crippen molar-refractivity contribution < 1.29 is 4.79 Å². The number of aryl methyl sites for hydroxylation is 2. The first kappa shape index (κ1) is 21.9. The Balaban J connectivity index is 1.36. The van der Waals surface area contributed by atoms with Gasteiger partial charge in [-0.3, -0.25) is 9.48 Å². The van der Waals surface area contributed by atoms with Crippen molar-refractivity contribution in [3.63, 3.8) is 0 Å². The van der Waals surface area contributed by atoms with E-state index in [1.807, 2.05) is 37.3 Å². The molecular weight excluding hydrogens is 448 g/mol. The van der Waals surface area contributed by atoms with Gasteiger partial charge in [-0.2, -0.15) is 10.2 Å². The third kappa shape index (κ3) is 4.56. The van der Waals surface area contributed by atoms with Gasteiger partial charge in [0.1, 0.15) is 6.54 Å². The van der Waals surface area contributed by atoms with Crippen LogP contribution in [0.3, 0.4) is 0 Å². The van der Waals surface area contributed by atoms with E-state index >= 15 is 0 Å². The summed E-state index contributed by atoms with van der Waals surface area (Å²) in [7, 11) is 0. The highest BCUT2D eigenvalue weighted by Crippen LogP contribution is 2.30. The van der Waals surface area contributed by atoms with Crippen LogP contribution < -0.4 is 5.32 Å². The molecule has 3 heterocycles. The van der Waals surface area contributed by atoms with Crippen LogP contribution in [0.1, 0.15) is 16.8 Å². The summed E-state index contributed by atoms with van der Waals surface area (Å²) in [4.78, 5) is 17.4. The predicted molar refractivity (Wildman–Crippen MR) is 134 cm³/mol. The fraction of sp³-hybridized carbons (Fsp3) is 0.154. The molecule has 0 fully saturated rings. The van der Waals surface area contributed by atoms with Crippen LogP contribution in [0.25, 0.3) is 22.2 Å². The van der Waals surface area contributed by atoms with Crippen molar-refractivity contribution in [3.8, 4) is 11.1 Å². The summed E-state index contributed by atoms with van der Waals surface area (Å²) in [5.74, 6) is -0.175. The van der Waals surface area contributed by atoms with Crippen LogP contribution in [0, 0.1) is 13.8 Å². The number of hydrogen-bond donors (Lipinski definition) is 1. The van der Waals surface area contributed by atoms with Crippen molar-refractivity contribution in [2.24, 2.45) is 0 Å². The molecule has 0 spiro atoms. The molecule has 170 valence electrons. The van der Waals surface area contributed by atoms with Crippen molar-refractivity contribution in [2.75, 3.05) is 5.32 Å². The second-order valence-electron chi connectivity index (χ2n) is 8.27. The molecule has 0 unspecified atom stereocenters. The summed E-state index contributed by atoms with van der Waals surface area (Å²) in [6, 6.07) is 18.0. The number of benzene rings is 2. The molecule has 0 atom stereocenters. The number of halogens is 1. The lowest BCUT2D eigenvalue weighted by molar-refractivity contribution is -0.116. The van der Waals surface area contributed by atoms with Crippen molar-refractivity contribution in [3.05, 3.63) is 95.0 Å². The van der Waals surface area contributed by atoms with E-state index in [2.05, 4.69) is 51.7 Å². The largest absolute Gasteiger partial charge is 0.324 e. The van der Waals surface area contributed by atoms with E-state index in [0.29, 0.717) is 22.9 Å². The number of fused-ring (bicyclic) bond motifs is 1. The molecule has 1 N–H and O–H groups in total. The third-order valence-corrected chi connectivity index (χ3v) is 5.82. The van der Waals surface area contributed by atoms with Crippen LogP contribution >= 0.6 is 11.6 Å². The fourth-order valence-corrected chi connectivity index (χ4v) is 4.22. The fourth-order valence-electron chi connectivity index (χ4n) is 4.06. The molecular formula is C26H23ClN6O. The maximum atomic E-state index is 12.9. The third-order valence-electron chi connectivity index (χ3n) is 5.62. The second-order valence-corrected chi connectivity index (χ2v) is 8.71. The first-order valence-electron chi connectivity index (χ1n) is 10.9. The zero-order valence-corrected chi connectivity index (χ0v) is 19.6. The number of carbonyl (C=O) groups is 1. The number of rotatable bonds is 6. The second kappa shape index (κ2) is 9.11. The van der Waals surface area contributed by atoms with E-state index in [4.69, 9.17) is 11.6 Å². The number of nitrogens with one attached hydrogen (secondary N) is 1. The van der Waals surface area contributed by atoms with E-state index < -0.39 is 0 Å². The molecule has 34 heavy (non-hydrogen) atoms. The molecule has 0 radical (unpaired) electrons. The molecule has 5 aromatic rings. The molecule has 0 aliphatic carbocycles. The minimum atomic E-state index is -0.175. The van der Waals surface area contributed by atoms with Gasteiger partial charge >= 0.3 is 0 Å². The topological polar surface area (TPSA) is 77.6 Å². The highest BCUT2D eigenvalue weighted by atomic mass is 35.5. The first-order valence-corrected chi connectivity index (χ1v) is 11.3. The lowest BCUT2D eigenvalue weighted by Gasteiger charge is -2.09. The Morgan fingerprint density at radius 3 is 2.68 bits per heavy atom. The minimum absolute atomic E-state index is 0.0632. The number of nitrogens with zero attached hydrogens (tertiary/aromatic N) is 5. The van der Waals surface area contributed by atoms with Gasteiger partial charge in [0.15, 0.2) is 5.65 Å². The summed E-state index contributed by atoms with van der Waals surface area (Å²) in [6.45, 7) is 4.64. The number of anilines is 1. The molecule has 0 aliphatic rings. The zero-order valence-electron chi connectivity index (χ0n) is 18.9. The van der Waals surface area contributed by atoms with Crippen LogP contribution in [-0.4, -0.2) is 30.5 Å². The monoisotopic (exact) mass is 470 g/mol. The lowest BCUT2D eigenvalue weighted by Crippen LogP contribution is -2.20. The highest BCUT2D eigenvalue weighted by Gasteiger charge is 2.16. The van der Waals surface area contributed by atoms with Gasteiger partial charge < -0.3 is 5.32 Å². The van der Waals surface area contributed by atoms with Crippen LogP contribution in [-0.2, 0) is 17.9 Å². The van der Waals surface area contributed by atoms with Gasteiger partial charge in [-0.1, -0.05) is 53.6 Å². The van der Waals surface area contributed by atoms with Gasteiger partial charge in [-0.25, -0.2) is 9.67 Å². The van der Waals surface area contributed by atoms with Gasteiger partial charge in [0, 0.05) is 23.5 Å². The Labute approximate surface area is 202 Å². The number of pyridine rings is 1. The summed E-state index contributed by atoms with van der Waals surface area (Å²) in [6.07, 6.45) is 5.12. The van der Waals surface area contributed by atoms with E-state index in [0.717, 1.165) is 27.8 Å². The Morgan fingerprint density at radius 1 is 1.09 bits per heavy atom. The molecule has 0 saturated carbocycles. The van der Waals surface area contributed by atoms with Crippen molar-refractivity contribution in [1.29, 1.82) is 0 Å². The number of hydrogen-bond acceptors (Lipinski definition) is 4. The lowest BCUT2D eigenvalue weighted by atomic mass is 10.0. The SMILES string of the molecule is Cc1ccc(-c2ccnc3c2c(C)nn3CC(=O)Nc2cccc(Cn3cc(Cl)cn3)c2)cc1. The molecule has 2 aromatic carbocycles. The molecule has 1 amide bonds. The van der Waals surface area contributed by atoms with Gasteiger partial charge in [0.05, 0.1) is 23.5 Å². The first-order chi connectivity index (χ1) is 16.5. The maximum Gasteiger partial charge on any atom is 0.246 e. The standard InChI is InChI=1S/C26H23ClN6O/c1-17-6-8-20(9-7-17)23-10-11-28-26-25(23)18(2)31-33(26)16-24(34)30-22-5-3-4-19(12-22)14-32-15-21(27)13-29-32/h3-13,15H,14,16H2,1-2H3,(H,30,34). The van der Waals surface area contributed by atoms with Crippen LogP contribution in [0.15, 0.2) is 73.2 Å². The molecule has 5 rings (SSSR count). The van der Waals surface area contributed by atoms with Crippen LogP contribution in [0.4, 0.5) is 5.69 Å². The number of amides is 1. The number of aromatic nitrogens is 5. The summed E-state index contributed by atoms with van der Waals surface area (Å²) < 4.78 is 3.41. The molecule has 7 nitrogen and oxygen atoms in total. The Morgan fingerprint density at radius 2 is 1.91 bits per heavy atom. The van der Waals surface area contributed by atoms with E-state index in [9.17, 15) is 4.79 Å². The Kier molecular flexibility index (Phi) is 5.86. The van der Waals surface area contributed by atoms with Crippen LogP contribution in [0.5, 0.6) is 0 Å².